The van der Waals surface area contributed by atoms with Crippen LogP contribution in [0.2, 0.25) is 0 Å². The third kappa shape index (κ3) is 5.28. The molecule has 1 heterocycles. The summed E-state index contributed by atoms with van der Waals surface area (Å²) in [6, 6.07) is 16.0. The predicted octanol–water partition coefficient (Wildman–Crippen LogP) is 8.08. The molecule has 0 spiro atoms. The van der Waals surface area contributed by atoms with Crippen LogP contribution < -0.4 is 0 Å². The summed E-state index contributed by atoms with van der Waals surface area (Å²) in [6.45, 7) is 11.1. The van der Waals surface area contributed by atoms with Gasteiger partial charge in [0.2, 0.25) is 0 Å². The second-order valence-corrected chi connectivity index (χ2v) is 10.6. The molecule has 0 saturated heterocycles. The highest BCUT2D eigenvalue weighted by atomic mass is 16.3. The molecule has 36 heavy (non-hydrogen) atoms. The van der Waals surface area contributed by atoms with Crippen molar-refractivity contribution in [2.24, 2.45) is 0 Å². The lowest BCUT2D eigenvalue weighted by atomic mass is 9.69. The molecule has 0 atom stereocenters. The SMILES string of the molecule is CCc1cncc(-c2ccc(C(CC)(CC)c3ccc(C#CC4(O)CCCCC4)c(C)c3)cc2C)c1. The maximum atomic E-state index is 10.8. The largest absolute Gasteiger partial charge is 0.378 e. The summed E-state index contributed by atoms with van der Waals surface area (Å²) in [5.41, 5.74) is 9.04. The summed E-state index contributed by atoms with van der Waals surface area (Å²) in [6.07, 6.45) is 11.9. The highest BCUT2D eigenvalue weighted by Gasteiger charge is 2.31. The summed E-state index contributed by atoms with van der Waals surface area (Å²) in [4.78, 5) is 4.46. The fourth-order valence-electron chi connectivity index (χ4n) is 5.89. The number of nitrogens with zero attached hydrogens (tertiary/aromatic N) is 1. The molecule has 1 aromatic heterocycles. The molecule has 2 nitrogen and oxygen atoms in total. The molecule has 0 unspecified atom stereocenters. The normalized spacial score (nSPS) is 15.3. The third-order valence-corrected chi connectivity index (χ3v) is 8.39. The number of aromatic nitrogens is 1. The Balaban J connectivity index is 1.68. The van der Waals surface area contributed by atoms with Gasteiger partial charge >= 0.3 is 0 Å². The van der Waals surface area contributed by atoms with Gasteiger partial charge in [-0.25, -0.2) is 0 Å². The first-order chi connectivity index (χ1) is 17.3. The van der Waals surface area contributed by atoms with E-state index in [0.29, 0.717) is 0 Å². The third-order valence-electron chi connectivity index (χ3n) is 8.39. The van der Waals surface area contributed by atoms with Crippen LogP contribution in [-0.2, 0) is 11.8 Å². The molecule has 1 aliphatic rings. The lowest BCUT2D eigenvalue weighted by molar-refractivity contribution is 0.0610. The number of aryl methyl sites for hydroxylation is 3. The summed E-state index contributed by atoms with van der Waals surface area (Å²) in [5, 5.41) is 10.8. The van der Waals surface area contributed by atoms with Crippen LogP contribution in [0, 0.1) is 25.7 Å². The van der Waals surface area contributed by atoms with Gasteiger partial charge in [0, 0.05) is 28.9 Å². The quantitative estimate of drug-likeness (QED) is 0.363. The Morgan fingerprint density at radius 1 is 0.861 bits per heavy atom. The monoisotopic (exact) mass is 479 g/mol. The van der Waals surface area contributed by atoms with Crippen molar-refractivity contribution in [3.8, 4) is 23.0 Å². The zero-order chi connectivity index (χ0) is 25.8. The molecule has 0 radical (unpaired) electrons. The Kier molecular flexibility index (Phi) is 8.01. The van der Waals surface area contributed by atoms with Crippen LogP contribution in [0.1, 0.15) is 99.1 Å². The van der Waals surface area contributed by atoms with Crippen LogP contribution in [0.25, 0.3) is 11.1 Å². The molecule has 1 saturated carbocycles. The highest BCUT2D eigenvalue weighted by Crippen LogP contribution is 2.41. The van der Waals surface area contributed by atoms with Crippen molar-refractivity contribution in [1.29, 1.82) is 0 Å². The van der Waals surface area contributed by atoms with E-state index in [-0.39, 0.29) is 5.41 Å². The van der Waals surface area contributed by atoms with Gasteiger partial charge in [0.25, 0.3) is 0 Å². The minimum Gasteiger partial charge on any atom is -0.378 e. The topological polar surface area (TPSA) is 33.1 Å². The Labute approximate surface area is 218 Å². The Hall–Kier alpha value is -2.89. The molecule has 1 fully saturated rings. The summed E-state index contributed by atoms with van der Waals surface area (Å²) >= 11 is 0. The summed E-state index contributed by atoms with van der Waals surface area (Å²) < 4.78 is 0. The second-order valence-electron chi connectivity index (χ2n) is 10.6. The molecule has 4 rings (SSSR count). The van der Waals surface area contributed by atoms with Crippen molar-refractivity contribution in [3.05, 3.63) is 88.2 Å². The lowest BCUT2D eigenvalue weighted by Crippen LogP contribution is -2.29. The van der Waals surface area contributed by atoms with Gasteiger partial charge < -0.3 is 5.11 Å². The van der Waals surface area contributed by atoms with Gasteiger partial charge in [-0.05, 0) is 104 Å². The number of hydrogen-bond donors (Lipinski definition) is 1. The van der Waals surface area contributed by atoms with E-state index in [1.165, 1.54) is 45.4 Å². The van der Waals surface area contributed by atoms with Crippen molar-refractivity contribution >= 4 is 0 Å². The summed E-state index contributed by atoms with van der Waals surface area (Å²) in [5.74, 6) is 6.53. The van der Waals surface area contributed by atoms with Crippen LogP contribution in [0.3, 0.4) is 0 Å². The Morgan fingerprint density at radius 2 is 1.53 bits per heavy atom. The van der Waals surface area contributed by atoms with Crippen molar-refractivity contribution in [2.75, 3.05) is 0 Å². The molecule has 1 N–H and O–H groups in total. The van der Waals surface area contributed by atoms with Crippen molar-refractivity contribution < 1.29 is 5.11 Å². The highest BCUT2D eigenvalue weighted by molar-refractivity contribution is 5.68. The first kappa shape index (κ1) is 26.2. The maximum Gasteiger partial charge on any atom is 0.125 e. The summed E-state index contributed by atoms with van der Waals surface area (Å²) in [7, 11) is 0. The van der Waals surface area contributed by atoms with Crippen LogP contribution in [0.4, 0.5) is 0 Å². The molecular weight excluding hydrogens is 438 g/mol. The van der Waals surface area contributed by atoms with E-state index < -0.39 is 5.60 Å². The van der Waals surface area contributed by atoms with E-state index in [2.05, 4.69) is 93.9 Å². The number of benzene rings is 2. The molecule has 0 amide bonds. The first-order valence-electron chi connectivity index (χ1n) is 13.8. The number of hydrogen-bond acceptors (Lipinski definition) is 2. The molecule has 2 aromatic carbocycles. The lowest BCUT2D eigenvalue weighted by Gasteiger charge is -2.34. The fraction of sp³-hybridized carbons (Fsp3) is 0.441. The predicted molar refractivity (Wildman–Crippen MR) is 151 cm³/mol. The van der Waals surface area contributed by atoms with E-state index in [0.717, 1.165) is 50.5 Å². The molecular formula is C34H41NO. The van der Waals surface area contributed by atoms with E-state index in [1.807, 2.05) is 12.4 Å². The van der Waals surface area contributed by atoms with Crippen LogP contribution in [0.15, 0.2) is 54.9 Å². The van der Waals surface area contributed by atoms with E-state index in [9.17, 15) is 5.11 Å². The van der Waals surface area contributed by atoms with Gasteiger partial charge in [-0.1, -0.05) is 69.4 Å². The molecule has 1 aliphatic carbocycles. The van der Waals surface area contributed by atoms with Crippen molar-refractivity contribution in [2.45, 2.75) is 97.0 Å². The molecule has 0 aliphatic heterocycles. The average molecular weight is 480 g/mol. The zero-order valence-corrected chi connectivity index (χ0v) is 22.7. The van der Waals surface area contributed by atoms with Gasteiger partial charge in [0.05, 0.1) is 0 Å². The maximum absolute atomic E-state index is 10.8. The average Bonchev–Trinajstić information content (AvgIpc) is 2.90. The standard InChI is InChI=1S/C34H41NO/c1-6-27-22-29(24-35-23-27)32-15-14-31(21-26(32)5)34(7-2,8-3)30-13-12-28(25(4)20-30)16-19-33(36)17-10-9-11-18-33/h12-15,20-24,36H,6-11,17-18H2,1-5H3. The molecule has 3 aromatic rings. The van der Waals surface area contributed by atoms with E-state index in [4.69, 9.17) is 0 Å². The van der Waals surface area contributed by atoms with E-state index in [1.54, 1.807) is 0 Å². The van der Waals surface area contributed by atoms with Crippen LogP contribution in [0.5, 0.6) is 0 Å². The first-order valence-corrected chi connectivity index (χ1v) is 13.8. The van der Waals surface area contributed by atoms with Gasteiger partial charge in [0.1, 0.15) is 5.60 Å². The van der Waals surface area contributed by atoms with Crippen LogP contribution >= 0.6 is 0 Å². The van der Waals surface area contributed by atoms with Gasteiger partial charge in [0.15, 0.2) is 0 Å². The van der Waals surface area contributed by atoms with Gasteiger partial charge in [-0.15, -0.1) is 0 Å². The molecule has 0 bridgehead atoms. The Bertz CT molecular complexity index is 1270. The minimum atomic E-state index is -0.814. The van der Waals surface area contributed by atoms with Gasteiger partial charge in [-0.3, -0.25) is 4.98 Å². The van der Waals surface area contributed by atoms with E-state index >= 15 is 0 Å². The van der Waals surface area contributed by atoms with Gasteiger partial charge in [-0.2, -0.15) is 0 Å². The smallest absolute Gasteiger partial charge is 0.125 e. The number of rotatable bonds is 6. The van der Waals surface area contributed by atoms with Crippen molar-refractivity contribution in [1.82, 2.24) is 4.98 Å². The second kappa shape index (κ2) is 11.0. The fourth-order valence-corrected chi connectivity index (χ4v) is 5.89. The number of pyridine rings is 1. The van der Waals surface area contributed by atoms with Crippen molar-refractivity contribution in [3.63, 3.8) is 0 Å². The Morgan fingerprint density at radius 3 is 2.14 bits per heavy atom. The van der Waals surface area contributed by atoms with Crippen LogP contribution in [-0.4, -0.2) is 15.7 Å². The molecule has 2 heteroatoms. The molecule has 188 valence electrons. The minimum absolute atomic E-state index is 0.0505. The zero-order valence-electron chi connectivity index (χ0n) is 22.7. The number of aliphatic hydroxyl groups is 1.